The Morgan fingerprint density at radius 2 is 2.31 bits per heavy atom. The minimum atomic E-state index is -0.0799. The molecule has 0 aromatic carbocycles. The molecule has 0 aliphatic carbocycles. The maximum Gasteiger partial charge on any atom is 0.275 e. The Kier molecular flexibility index (Phi) is 1.69. The molecule has 0 fully saturated rings. The number of H-pyrrole nitrogens is 1. The van der Waals surface area contributed by atoms with Crippen LogP contribution in [0.5, 0.6) is 0 Å². The summed E-state index contributed by atoms with van der Waals surface area (Å²) in [5.74, 6) is 0.343. The van der Waals surface area contributed by atoms with Crippen LogP contribution in [-0.2, 0) is 0 Å². The van der Waals surface area contributed by atoms with Crippen molar-refractivity contribution in [3.8, 4) is 0 Å². The highest BCUT2D eigenvalue weighted by Crippen LogP contribution is 2.17. The summed E-state index contributed by atoms with van der Waals surface area (Å²) in [6, 6.07) is 1.93. The van der Waals surface area contributed by atoms with Gasteiger partial charge in [0.15, 0.2) is 0 Å². The Hall–Kier alpha value is -1.58. The standard InChI is InChI=1S/C9H11N3O/c1-6(2)7-3-4-12-8(7)9(13)10-5-11-12/h3-6H,1-2H3,(H,10,11,13). The molecule has 2 heterocycles. The van der Waals surface area contributed by atoms with Crippen molar-refractivity contribution >= 4 is 5.52 Å². The van der Waals surface area contributed by atoms with Crippen LogP contribution in [0.4, 0.5) is 0 Å². The molecule has 1 N–H and O–H groups in total. The minimum Gasteiger partial charge on any atom is -0.310 e. The first-order valence-corrected chi connectivity index (χ1v) is 4.25. The van der Waals surface area contributed by atoms with E-state index in [2.05, 4.69) is 23.9 Å². The predicted molar refractivity (Wildman–Crippen MR) is 49.9 cm³/mol. The summed E-state index contributed by atoms with van der Waals surface area (Å²) in [5, 5.41) is 4.01. The van der Waals surface area contributed by atoms with E-state index < -0.39 is 0 Å². The van der Waals surface area contributed by atoms with Gasteiger partial charge in [-0.25, -0.2) is 4.52 Å². The lowest BCUT2D eigenvalue weighted by atomic mass is 10.1. The molecule has 68 valence electrons. The van der Waals surface area contributed by atoms with E-state index in [1.807, 2.05) is 6.07 Å². The van der Waals surface area contributed by atoms with Crippen molar-refractivity contribution in [1.29, 1.82) is 0 Å². The van der Waals surface area contributed by atoms with Crippen molar-refractivity contribution in [1.82, 2.24) is 14.6 Å². The van der Waals surface area contributed by atoms with Gasteiger partial charge in [0.1, 0.15) is 11.8 Å². The van der Waals surface area contributed by atoms with Gasteiger partial charge in [-0.1, -0.05) is 13.8 Å². The SMILES string of the molecule is CC(C)c1ccn2nc[nH]c(=O)c12. The molecule has 0 spiro atoms. The lowest BCUT2D eigenvalue weighted by molar-refractivity contribution is 0.853. The number of hydrogen-bond donors (Lipinski definition) is 1. The zero-order chi connectivity index (χ0) is 9.42. The van der Waals surface area contributed by atoms with E-state index in [1.165, 1.54) is 6.33 Å². The Balaban J connectivity index is 2.87. The number of aromatic amines is 1. The molecule has 0 amide bonds. The number of hydrogen-bond acceptors (Lipinski definition) is 2. The van der Waals surface area contributed by atoms with Crippen LogP contribution in [-0.4, -0.2) is 14.6 Å². The Morgan fingerprint density at radius 3 is 3.00 bits per heavy atom. The third-order valence-electron chi connectivity index (χ3n) is 2.11. The topological polar surface area (TPSA) is 50.2 Å². The van der Waals surface area contributed by atoms with Crippen molar-refractivity contribution in [2.24, 2.45) is 0 Å². The highest BCUT2D eigenvalue weighted by molar-refractivity contribution is 5.54. The van der Waals surface area contributed by atoms with Crippen LogP contribution in [0.25, 0.3) is 5.52 Å². The largest absolute Gasteiger partial charge is 0.310 e. The van der Waals surface area contributed by atoms with Gasteiger partial charge in [-0.2, -0.15) is 5.10 Å². The molecular formula is C9H11N3O. The molecule has 0 unspecified atom stereocenters. The van der Waals surface area contributed by atoms with Crippen molar-refractivity contribution in [2.45, 2.75) is 19.8 Å². The fourth-order valence-corrected chi connectivity index (χ4v) is 1.45. The molecule has 2 rings (SSSR count). The maximum atomic E-state index is 11.4. The smallest absolute Gasteiger partial charge is 0.275 e. The number of rotatable bonds is 1. The lowest BCUT2D eigenvalue weighted by Gasteiger charge is -2.00. The molecule has 2 aromatic heterocycles. The summed E-state index contributed by atoms with van der Waals surface area (Å²) in [6.45, 7) is 4.11. The number of nitrogens with one attached hydrogen (secondary N) is 1. The fraction of sp³-hybridized carbons (Fsp3) is 0.333. The molecule has 0 aliphatic rings. The van der Waals surface area contributed by atoms with Crippen LogP contribution in [0, 0.1) is 0 Å². The van der Waals surface area contributed by atoms with Crippen molar-refractivity contribution in [3.63, 3.8) is 0 Å². The average Bonchev–Trinajstić information content (AvgIpc) is 2.49. The second-order valence-corrected chi connectivity index (χ2v) is 3.34. The summed E-state index contributed by atoms with van der Waals surface area (Å²) in [6.07, 6.45) is 3.21. The molecule has 4 heteroatoms. The zero-order valence-corrected chi connectivity index (χ0v) is 7.61. The summed E-state index contributed by atoms with van der Waals surface area (Å²) >= 11 is 0. The van der Waals surface area contributed by atoms with Crippen molar-refractivity contribution < 1.29 is 0 Å². The first-order valence-electron chi connectivity index (χ1n) is 4.25. The molecule has 0 atom stereocenters. The summed E-state index contributed by atoms with van der Waals surface area (Å²) < 4.78 is 1.61. The Bertz CT molecular complexity index is 481. The predicted octanol–water partition coefficient (Wildman–Crippen LogP) is 1.15. The van der Waals surface area contributed by atoms with E-state index in [4.69, 9.17) is 0 Å². The van der Waals surface area contributed by atoms with E-state index >= 15 is 0 Å². The van der Waals surface area contributed by atoms with Gasteiger partial charge in [-0.05, 0) is 17.5 Å². The van der Waals surface area contributed by atoms with Gasteiger partial charge in [-0.15, -0.1) is 0 Å². The molecular weight excluding hydrogens is 166 g/mol. The van der Waals surface area contributed by atoms with Gasteiger partial charge in [0.05, 0.1) is 0 Å². The second kappa shape index (κ2) is 2.73. The quantitative estimate of drug-likeness (QED) is 0.710. The van der Waals surface area contributed by atoms with Crippen molar-refractivity contribution in [2.75, 3.05) is 0 Å². The van der Waals surface area contributed by atoms with Crippen LogP contribution >= 0.6 is 0 Å². The summed E-state index contributed by atoms with van der Waals surface area (Å²) in [7, 11) is 0. The molecule has 0 radical (unpaired) electrons. The van der Waals surface area contributed by atoms with E-state index in [9.17, 15) is 4.79 Å². The van der Waals surface area contributed by atoms with E-state index in [0.717, 1.165) is 5.56 Å². The summed E-state index contributed by atoms with van der Waals surface area (Å²) in [4.78, 5) is 14.0. The van der Waals surface area contributed by atoms with Crippen LogP contribution in [0.2, 0.25) is 0 Å². The first-order chi connectivity index (χ1) is 6.20. The minimum absolute atomic E-state index is 0.0799. The maximum absolute atomic E-state index is 11.4. The van der Waals surface area contributed by atoms with Crippen molar-refractivity contribution in [3.05, 3.63) is 34.5 Å². The molecule has 4 nitrogen and oxygen atoms in total. The molecule has 13 heavy (non-hydrogen) atoms. The van der Waals surface area contributed by atoms with E-state index in [-0.39, 0.29) is 5.56 Å². The number of nitrogens with zero attached hydrogens (tertiary/aromatic N) is 2. The molecule has 2 aromatic rings. The highest BCUT2D eigenvalue weighted by atomic mass is 16.1. The van der Waals surface area contributed by atoms with Gasteiger partial charge in [0, 0.05) is 6.20 Å². The highest BCUT2D eigenvalue weighted by Gasteiger charge is 2.09. The van der Waals surface area contributed by atoms with E-state index in [1.54, 1.807) is 10.7 Å². The lowest BCUT2D eigenvalue weighted by Crippen LogP contribution is -2.11. The van der Waals surface area contributed by atoms with Crippen LogP contribution in [0.15, 0.2) is 23.4 Å². The summed E-state index contributed by atoms with van der Waals surface area (Å²) in [5.41, 5.74) is 1.61. The third kappa shape index (κ3) is 1.14. The fourth-order valence-electron chi connectivity index (χ4n) is 1.45. The average molecular weight is 177 g/mol. The van der Waals surface area contributed by atoms with Gasteiger partial charge >= 0.3 is 0 Å². The number of fused-ring (bicyclic) bond motifs is 1. The first kappa shape index (κ1) is 8.04. The van der Waals surface area contributed by atoms with Crippen LogP contribution in [0.3, 0.4) is 0 Å². The van der Waals surface area contributed by atoms with Gasteiger partial charge in [0.25, 0.3) is 5.56 Å². The number of aromatic nitrogens is 3. The van der Waals surface area contributed by atoms with Gasteiger partial charge in [-0.3, -0.25) is 4.79 Å². The molecule has 0 bridgehead atoms. The van der Waals surface area contributed by atoms with Gasteiger partial charge < -0.3 is 4.98 Å². The molecule has 0 saturated heterocycles. The van der Waals surface area contributed by atoms with Gasteiger partial charge in [0.2, 0.25) is 0 Å². The third-order valence-corrected chi connectivity index (χ3v) is 2.11. The molecule has 0 saturated carbocycles. The van der Waals surface area contributed by atoms with Crippen LogP contribution in [0.1, 0.15) is 25.3 Å². The van der Waals surface area contributed by atoms with E-state index in [0.29, 0.717) is 11.4 Å². The zero-order valence-electron chi connectivity index (χ0n) is 7.61. The normalized spacial score (nSPS) is 11.3. The molecule has 0 aliphatic heterocycles. The van der Waals surface area contributed by atoms with Crippen LogP contribution < -0.4 is 5.56 Å². The Morgan fingerprint density at radius 1 is 1.54 bits per heavy atom. The monoisotopic (exact) mass is 177 g/mol. The Labute approximate surface area is 75.2 Å². The second-order valence-electron chi connectivity index (χ2n) is 3.34.